The summed E-state index contributed by atoms with van der Waals surface area (Å²) in [7, 11) is -3.05. The molecular weight excluding hydrogens is 288 g/mol. The van der Waals surface area contributed by atoms with Gasteiger partial charge >= 0.3 is 5.97 Å². The van der Waals surface area contributed by atoms with E-state index < -0.39 is 28.3 Å². The summed E-state index contributed by atoms with van der Waals surface area (Å²) in [6, 6.07) is 0. The maximum absolute atomic E-state index is 11.9. The lowest BCUT2D eigenvalue weighted by molar-refractivity contribution is -0.145. The van der Waals surface area contributed by atoms with Gasteiger partial charge in [0.1, 0.15) is 5.54 Å². The van der Waals surface area contributed by atoms with Gasteiger partial charge in [-0.3, -0.25) is 14.8 Å². The molecule has 1 saturated carbocycles. The molecule has 9 heteroatoms. The third kappa shape index (κ3) is 3.68. The second-order valence-corrected chi connectivity index (χ2v) is 5.55. The van der Waals surface area contributed by atoms with E-state index in [0.717, 1.165) is 4.31 Å². The zero-order valence-electron chi connectivity index (χ0n) is 11.3. The molecule has 0 bridgehead atoms. The van der Waals surface area contributed by atoms with Crippen molar-refractivity contribution in [2.24, 2.45) is 0 Å². The summed E-state index contributed by atoms with van der Waals surface area (Å²) < 4.78 is 28.6. The number of rotatable bonds is 7. The second-order valence-electron chi connectivity index (χ2n) is 4.60. The smallest absolute Gasteiger partial charge is 0.307 e. The first-order valence-corrected chi connectivity index (χ1v) is 7.63. The molecule has 0 heterocycles. The number of nitrogens with one attached hydrogen (secondary N) is 1. The van der Waals surface area contributed by atoms with Gasteiger partial charge in [0, 0.05) is 6.54 Å². The van der Waals surface area contributed by atoms with Gasteiger partial charge < -0.3 is 4.74 Å². The molecule has 0 unspecified atom stereocenters. The van der Waals surface area contributed by atoms with Gasteiger partial charge in [0.2, 0.25) is 10.9 Å². The van der Waals surface area contributed by atoms with E-state index in [9.17, 15) is 18.0 Å². The summed E-state index contributed by atoms with van der Waals surface area (Å²) in [6.07, 6.45) is 1.90. The van der Waals surface area contributed by atoms with Crippen molar-refractivity contribution in [2.45, 2.75) is 44.6 Å². The molecule has 1 amide bonds. The molecule has 1 aliphatic carbocycles. The number of hydrogen-bond donors (Lipinski definition) is 3. The van der Waals surface area contributed by atoms with E-state index in [0.29, 0.717) is 25.7 Å². The predicted octanol–water partition coefficient (Wildman–Crippen LogP) is -0.414. The Hall–Kier alpha value is -1.19. The number of esters is 1. The second kappa shape index (κ2) is 7.55. The molecule has 116 valence electrons. The van der Waals surface area contributed by atoms with Gasteiger partial charge in [-0.05, 0) is 19.8 Å². The molecule has 1 fully saturated rings. The van der Waals surface area contributed by atoms with Gasteiger partial charge in [0.25, 0.3) is 5.91 Å². The minimum absolute atomic E-state index is 0.127. The van der Waals surface area contributed by atoms with Crippen LogP contribution in [0.4, 0.5) is 0 Å². The van der Waals surface area contributed by atoms with E-state index in [2.05, 4.69) is 0 Å². The summed E-state index contributed by atoms with van der Waals surface area (Å²) in [5.74, 6) is -1.27. The van der Waals surface area contributed by atoms with Crippen LogP contribution < -0.4 is 5.48 Å². The van der Waals surface area contributed by atoms with E-state index in [1.807, 2.05) is 0 Å². The molecule has 1 aliphatic rings. The minimum atomic E-state index is -3.05. The van der Waals surface area contributed by atoms with Crippen LogP contribution in [0.25, 0.3) is 0 Å². The van der Waals surface area contributed by atoms with Crippen LogP contribution in [0.1, 0.15) is 39.0 Å². The van der Waals surface area contributed by atoms with Crippen LogP contribution in [-0.4, -0.2) is 48.5 Å². The predicted molar refractivity (Wildman–Crippen MR) is 69.4 cm³/mol. The normalized spacial score (nSPS) is 17.4. The van der Waals surface area contributed by atoms with E-state index in [4.69, 9.17) is 9.94 Å². The van der Waals surface area contributed by atoms with Crippen LogP contribution in [0.5, 0.6) is 0 Å². The van der Waals surface area contributed by atoms with Crippen molar-refractivity contribution in [3.63, 3.8) is 0 Å². The molecule has 8 nitrogen and oxygen atoms in total. The highest BCUT2D eigenvalue weighted by molar-refractivity contribution is 7.70. The maximum atomic E-state index is 11.9. The van der Waals surface area contributed by atoms with E-state index in [1.54, 1.807) is 6.92 Å². The molecule has 0 spiro atoms. The number of hydroxylamine groups is 1. The molecule has 1 rings (SSSR count). The lowest BCUT2D eigenvalue weighted by Crippen LogP contribution is -2.56. The van der Waals surface area contributed by atoms with Crippen molar-refractivity contribution < 1.29 is 28.0 Å². The highest BCUT2D eigenvalue weighted by atomic mass is 32.2. The molecule has 0 atom stereocenters. The van der Waals surface area contributed by atoms with Gasteiger partial charge in [-0.15, -0.1) is 0 Å². The zero-order valence-corrected chi connectivity index (χ0v) is 12.2. The van der Waals surface area contributed by atoms with E-state index in [-0.39, 0.29) is 19.6 Å². The summed E-state index contributed by atoms with van der Waals surface area (Å²) in [4.78, 5) is 23.2. The van der Waals surface area contributed by atoms with Crippen LogP contribution in [0.15, 0.2) is 0 Å². The Labute approximate surface area is 119 Å². The molecule has 0 aromatic carbocycles. The first kappa shape index (κ1) is 16.9. The highest BCUT2D eigenvalue weighted by Gasteiger charge is 2.47. The highest BCUT2D eigenvalue weighted by Crippen LogP contribution is 2.35. The third-order valence-corrected chi connectivity index (χ3v) is 4.46. The number of amides is 1. The SMILES string of the molecule is CCOC(=O)CCN([SH](=O)=O)C1(C(=O)NO)CCCC1. The Morgan fingerprint density at radius 1 is 1.35 bits per heavy atom. The van der Waals surface area contributed by atoms with Crippen molar-refractivity contribution >= 4 is 22.8 Å². The fourth-order valence-corrected chi connectivity index (χ4v) is 3.42. The quantitative estimate of drug-likeness (QED) is 0.255. The van der Waals surface area contributed by atoms with Crippen LogP contribution in [0.3, 0.4) is 0 Å². The molecular formula is C11H20N2O6S. The Balaban J connectivity index is 2.87. The Morgan fingerprint density at radius 3 is 2.40 bits per heavy atom. The number of carbonyl (C=O) groups excluding carboxylic acids is 2. The van der Waals surface area contributed by atoms with Crippen LogP contribution in [0, 0.1) is 0 Å². The number of ether oxygens (including phenoxy) is 1. The molecule has 2 N–H and O–H groups in total. The van der Waals surface area contributed by atoms with E-state index in [1.165, 1.54) is 5.48 Å². The molecule has 0 radical (unpaired) electrons. The summed E-state index contributed by atoms with van der Waals surface area (Å²) >= 11 is 0. The van der Waals surface area contributed by atoms with Crippen molar-refractivity contribution in [3.05, 3.63) is 0 Å². The Morgan fingerprint density at radius 2 is 1.95 bits per heavy atom. The monoisotopic (exact) mass is 308 g/mol. The van der Waals surface area contributed by atoms with E-state index >= 15 is 0 Å². The Kier molecular flexibility index (Phi) is 6.37. The summed E-state index contributed by atoms with van der Waals surface area (Å²) in [5.41, 5.74) is 0.237. The molecule has 0 aliphatic heterocycles. The van der Waals surface area contributed by atoms with Crippen molar-refractivity contribution in [1.82, 2.24) is 9.79 Å². The van der Waals surface area contributed by atoms with Crippen molar-refractivity contribution in [1.29, 1.82) is 0 Å². The largest absolute Gasteiger partial charge is 0.466 e. The lowest BCUT2D eigenvalue weighted by Gasteiger charge is -2.34. The first-order chi connectivity index (χ1) is 9.47. The van der Waals surface area contributed by atoms with Crippen LogP contribution in [0.2, 0.25) is 0 Å². The van der Waals surface area contributed by atoms with Crippen LogP contribution in [-0.2, 0) is 25.2 Å². The van der Waals surface area contributed by atoms with Crippen molar-refractivity contribution in [3.8, 4) is 0 Å². The molecule has 0 aromatic heterocycles. The fraction of sp³-hybridized carbons (Fsp3) is 0.818. The van der Waals surface area contributed by atoms with Crippen LogP contribution >= 0.6 is 0 Å². The third-order valence-electron chi connectivity index (χ3n) is 3.48. The fourth-order valence-electron chi connectivity index (χ4n) is 2.55. The Bertz CT molecular complexity index is 423. The van der Waals surface area contributed by atoms with Gasteiger partial charge in [-0.1, -0.05) is 12.8 Å². The van der Waals surface area contributed by atoms with Crippen molar-refractivity contribution in [2.75, 3.05) is 13.2 Å². The molecule has 20 heavy (non-hydrogen) atoms. The van der Waals surface area contributed by atoms with Gasteiger partial charge in [0.05, 0.1) is 13.0 Å². The average Bonchev–Trinajstić information content (AvgIpc) is 2.88. The maximum Gasteiger partial charge on any atom is 0.307 e. The number of thiol groups is 1. The standard InChI is InChI=1S/C11H20N2O6S/c1-2-19-9(14)5-8-13(20(17)18)11(10(15)12-16)6-3-4-7-11/h16,20H,2-8H2,1H3,(H,12,15). The molecule has 0 aromatic rings. The number of carbonyl (C=O) groups is 2. The zero-order chi connectivity index (χ0) is 15.2. The first-order valence-electron chi connectivity index (χ1n) is 6.50. The topological polar surface area (TPSA) is 113 Å². The molecule has 0 saturated heterocycles. The minimum Gasteiger partial charge on any atom is -0.466 e. The average molecular weight is 308 g/mol. The number of hydrogen-bond acceptors (Lipinski definition) is 6. The lowest BCUT2D eigenvalue weighted by atomic mass is 9.96. The summed E-state index contributed by atoms with van der Waals surface area (Å²) in [6.45, 7) is 1.73. The van der Waals surface area contributed by atoms with Gasteiger partial charge in [-0.25, -0.2) is 13.9 Å². The van der Waals surface area contributed by atoms with Gasteiger partial charge in [0.15, 0.2) is 0 Å². The number of nitrogens with zero attached hydrogens (tertiary/aromatic N) is 1. The van der Waals surface area contributed by atoms with Gasteiger partial charge in [-0.2, -0.15) is 4.31 Å². The summed E-state index contributed by atoms with van der Waals surface area (Å²) in [5, 5.41) is 8.84.